The molecule has 0 saturated heterocycles. The molecule has 1 rings (SSSR count). The van der Waals surface area contributed by atoms with Crippen LogP contribution in [0.1, 0.15) is 30.6 Å². The van der Waals surface area contributed by atoms with E-state index in [2.05, 4.69) is 0 Å². The van der Waals surface area contributed by atoms with Crippen LogP contribution in [-0.2, 0) is 0 Å². The van der Waals surface area contributed by atoms with Crippen LogP contribution >= 0.6 is 0 Å². The first-order valence-electron chi connectivity index (χ1n) is 5.51. The maximum Gasteiger partial charge on any atom is 0.334 e. The van der Waals surface area contributed by atoms with Gasteiger partial charge in [0.2, 0.25) is 5.78 Å². The summed E-state index contributed by atoms with van der Waals surface area (Å²) in [6.45, 7) is 3.43. The summed E-state index contributed by atoms with van der Waals surface area (Å²) in [7, 11) is 0. The first kappa shape index (κ1) is 13.8. The van der Waals surface area contributed by atoms with Gasteiger partial charge in [0.15, 0.2) is 0 Å². The Hall–Kier alpha value is -1.29. The van der Waals surface area contributed by atoms with Crippen molar-refractivity contribution in [1.82, 2.24) is 0 Å². The molecule has 94 valence electrons. The molecule has 0 radical (unpaired) electrons. The van der Waals surface area contributed by atoms with Crippen molar-refractivity contribution in [1.29, 1.82) is 0 Å². The van der Waals surface area contributed by atoms with Crippen LogP contribution in [0.25, 0.3) is 0 Å². The van der Waals surface area contributed by atoms with Crippen molar-refractivity contribution in [3.05, 3.63) is 35.9 Å². The molecule has 0 spiro atoms. The zero-order valence-corrected chi connectivity index (χ0v) is 9.86. The summed E-state index contributed by atoms with van der Waals surface area (Å²) >= 11 is 0. The van der Waals surface area contributed by atoms with Gasteiger partial charge in [0.1, 0.15) is 6.10 Å². The van der Waals surface area contributed by atoms with Crippen LogP contribution in [0.2, 0.25) is 0 Å². The van der Waals surface area contributed by atoms with Crippen LogP contribution in [0.4, 0.5) is 8.78 Å². The monoisotopic (exact) mass is 242 g/mol. The Balaban J connectivity index is 2.87. The van der Waals surface area contributed by atoms with E-state index in [1.165, 1.54) is 24.3 Å². The van der Waals surface area contributed by atoms with Gasteiger partial charge in [-0.05, 0) is 12.3 Å². The molecule has 0 aromatic heterocycles. The zero-order chi connectivity index (χ0) is 13.1. The highest BCUT2D eigenvalue weighted by Gasteiger charge is 2.46. The van der Waals surface area contributed by atoms with E-state index in [9.17, 15) is 18.7 Å². The van der Waals surface area contributed by atoms with Gasteiger partial charge in [-0.1, -0.05) is 44.2 Å². The van der Waals surface area contributed by atoms with Crippen LogP contribution < -0.4 is 0 Å². The van der Waals surface area contributed by atoms with Crippen molar-refractivity contribution < 1.29 is 18.7 Å². The number of hydrogen-bond donors (Lipinski definition) is 1. The van der Waals surface area contributed by atoms with Crippen LogP contribution in [0.3, 0.4) is 0 Å². The summed E-state index contributed by atoms with van der Waals surface area (Å²) in [5, 5.41) is 9.41. The van der Waals surface area contributed by atoms with Gasteiger partial charge in [0.05, 0.1) is 0 Å². The molecular weight excluding hydrogens is 226 g/mol. The molecule has 0 bridgehead atoms. The summed E-state index contributed by atoms with van der Waals surface area (Å²) in [5.41, 5.74) is -0.0830. The molecule has 1 unspecified atom stereocenters. The number of aliphatic hydroxyl groups is 1. The molecule has 2 nitrogen and oxygen atoms in total. The van der Waals surface area contributed by atoms with E-state index in [-0.39, 0.29) is 17.9 Å². The Labute approximate surface area is 99.3 Å². The standard InChI is InChI=1S/C13H16F2O2/c1-9(2)8-11(16)13(14,15)12(17)10-6-4-3-5-7-10/h3-7,9,11,16H,8H2,1-2H3. The molecule has 1 atom stereocenters. The summed E-state index contributed by atoms with van der Waals surface area (Å²) in [4.78, 5) is 11.6. The number of benzene rings is 1. The molecule has 0 aliphatic heterocycles. The number of aliphatic hydroxyl groups excluding tert-OH is 1. The van der Waals surface area contributed by atoms with Crippen molar-refractivity contribution >= 4 is 5.78 Å². The second-order valence-electron chi connectivity index (χ2n) is 4.46. The van der Waals surface area contributed by atoms with Gasteiger partial charge < -0.3 is 5.11 Å². The summed E-state index contributed by atoms with van der Waals surface area (Å²) in [5.74, 6) is -5.16. The average Bonchev–Trinajstić information content (AvgIpc) is 2.28. The number of halogens is 2. The van der Waals surface area contributed by atoms with Gasteiger partial charge in [0, 0.05) is 5.56 Å². The molecule has 0 aliphatic rings. The van der Waals surface area contributed by atoms with Crippen molar-refractivity contribution in [2.45, 2.75) is 32.3 Å². The minimum Gasteiger partial charge on any atom is -0.386 e. The lowest BCUT2D eigenvalue weighted by Gasteiger charge is -2.22. The van der Waals surface area contributed by atoms with E-state index in [1.807, 2.05) is 0 Å². The minimum absolute atomic E-state index is 0.0830. The Morgan fingerprint density at radius 2 is 1.82 bits per heavy atom. The van der Waals surface area contributed by atoms with E-state index in [0.29, 0.717) is 0 Å². The predicted octanol–water partition coefficient (Wildman–Crippen LogP) is 2.91. The largest absolute Gasteiger partial charge is 0.386 e. The van der Waals surface area contributed by atoms with Gasteiger partial charge >= 0.3 is 5.92 Å². The Kier molecular flexibility index (Phi) is 4.34. The SMILES string of the molecule is CC(C)CC(O)C(F)(F)C(=O)c1ccccc1. The van der Waals surface area contributed by atoms with Gasteiger partial charge in [-0.2, -0.15) is 8.78 Å². The lowest BCUT2D eigenvalue weighted by molar-refractivity contribution is -0.0839. The van der Waals surface area contributed by atoms with Crippen LogP contribution in [0.15, 0.2) is 30.3 Å². The smallest absolute Gasteiger partial charge is 0.334 e. The minimum atomic E-state index is -3.73. The highest BCUT2D eigenvalue weighted by molar-refractivity contribution is 6.01. The molecule has 0 saturated carbocycles. The highest BCUT2D eigenvalue weighted by atomic mass is 19.3. The molecule has 0 fully saturated rings. The molecule has 0 heterocycles. The van der Waals surface area contributed by atoms with Gasteiger partial charge in [0.25, 0.3) is 0 Å². The second-order valence-corrected chi connectivity index (χ2v) is 4.46. The Morgan fingerprint density at radius 1 is 1.29 bits per heavy atom. The van der Waals surface area contributed by atoms with Gasteiger partial charge in [-0.15, -0.1) is 0 Å². The normalized spacial score (nSPS) is 13.8. The van der Waals surface area contributed by atoms with Gasteiger partial charge in [-0.25, -0.2) is 0 Å². The van der Waals surface area contributed by atoms with E-state index in [0.717, 1.165) is 0 Å². The van der Waals surface area contributed by atoms with Crippen LogP contribution in [-0.4, -0.2) is 22.9 Å². The van der Waals surface area contributed by atoms with E-state index in [4.69, 9.17) is 0 Å². The fourth-order valence-electron chi connectivity index (χ4n) is 1.53. The number of carbonyl (C=O) groups is 1. The lowest BCUT2D eigenvalue weighted by atomic mass is 9.95. The number of ketones is 1. The quantitative estimate of drug-likeness (QED) is 0.806. The van der Waals surface area contributed by atoms with Crippen molar-refractivity contribution in [3.8, 4) is 0 Å². The van der Waals surface area contributed by atoms with Crippen molar-refractivity contribution in [2.24, 2.45) is 5.92 Å². The summed E-state index contributed by atoms with van der Waals surface area (Å²) < 4.78 is 27.3. The molecule has 0 amide bonds. The topological polar surface area (TPSA) is 37.3 Å². The van der Waals surface area contributed by atoms with Crippen LogP contribution in [0, 0.1) is 5.92 Å². The second kappa shape index (κ2) is 5.36. The zero-order valence-electron chi connectivity index (χ0n) is 9.86. The lowest BCUT2D eigenvalue weighted by Crippen LogP contribution is -2.42. The number of rotatable bonds is 5. The first-order chi connectivity index (χ1) is 7.85. The summed E-state index contributed by atoms with van der Waals surface area (Å²) in [6, 6.07) is 7.30. The number of carbonyl (C=O) groups excluding carboxylic acids is 1. The highest BCUT2D eigenvalue weighted by Crippen LogP contribution is 2.27. The van der Waals surface area contributed by atoms with Crippen molar-refractivity contribution in [3.63, 3.8) is 0 Å². The molecule has 0 aliphatic carbocycles. The Bertz CT molecular complexity index is 374. The first-order valence-corrected chi connectivity index (χ1v) is 5.51. The predicted molar refractivity (Wildman–Crippen MR) is 61.2 cm³/mol. The summed E-state index contributed by atoms with van der Waals surface area (Å²) in [6.07, 6.45) is -2.04. The number of alkyl halides is 2. The fraction of sp³-hybridized carbons (Fsp3) is 0.462. The third-order valence-electron chi connectivity index (χ3n) is 2.45. The van der Waals surface area contributed by atoms with Crippen LogP contribution in [0.5, 0.6) is 0 Å². The number of Topliss-reactive ketones (excluding diaryl/α,β-unsaturated/α-hetero) is 1. The maximum absolute atomic E-state index is 13.7. The van der Waals surface area contributed by atoms with E-state index >= 15 is 0 Å². The molecule has 1 aromatic carbocycles. The van der Waals surface area contributed by atoms with Crippen molar-refractivity contribution in [2.75, 3.05) is 0 Å². The molecule has 1 N–H and O–H groups in total. The Morgan fingerprint density at radius 3 is 2.29 bits per heavy atom. The molecule has 4 heteroatoms. The average molecular weight is 242 g/mol. The number of hydrogen-bond acceptors (Lipinski definition) is 2. The van der Waals surface area contributed by atoms with E-state index < -0.39 is 17.8 Å². The van der Waals surface area contributed by atoms with E-state index in [1.54, 1.807) is 19.9 Å². The molecular formula is C13H16F2O2. The molecule has 1 aromatic rings. The molecule has 17 heavy (non-hydrogen) atoms. The fourth-order valence-corrected chi connectivity index (χ4v) is 1.53. The maximum atomic E-state index is 13.7. The third-order valence-corrected chi connectivity index (χ3v) is 2.45. The third kappa shape index (κ3) is 3.33. The van der Waals surface area contributed by atoms with Gasteiger partial charge in [-0.3, -0.25) is 4.79 Å².